The number of anilines is 2. The average Bonchev–Trinajstić information content (AvgIpc) is 2.72. The molecular weight excluding hydrogens is 457 g/mol. The molecule has 0 fully saturated rings. The molecule has 0 atom stereocenters. The molecule has 1 aromatic heterocycles. The molecule has 0 bridgehead atoms. The van der Waals surface area contributed by atoms with Crippen molar-refractivity contribution in [3.63, 3.8) is 0 Å². The van der Waals surface area contributed by atoms with E-state index in [4.69, 9.17) is 14.7 Å². The standard InChI is InChI=1S/C22H21F3N4O5/c1-21(2,3)34-20(32)29-16-9-18(33-4)14(22(23,24)25)8-15(16)28-19(31)10-17(30)12-5-6-27-13(7-12)11-26/h5-9H,10H2,1-4H3,(H,28,31)(H,29,32). The minimum absolute atomic E-state index is 0.0273. The van der Waals surface area contributed by atoms with Crippen molar-refractivity contribution < 1.29 is 37.0 Å². The molecular formula is C22H21F3N4O5. The largest absolute Gasteiger partial charge is 0.496 e. The number of carbonyl (C=O) groups is 3. The number of amides is 2. The number of hydrogen-bond donors (Lipinski definition) is 2. The van der Waals surface area contributed by atoms with Crippen molar-refractivity contribution >= 4 is 29.2 Å². The van der Waals surface area contributed by atoms with Crippen LogP contribution in [0.2, 0.25) is 0 Å². The maximum absolute atomic E-state index is 13.5. The lowest BCUT2D eigenvalue weighted by Crippen LogP contribution is -2.28. The van der Waals surface area contributed by atoms with Crippen molar-refractivity contribution in [1.29, 1.82) is 5.26 Å². The van der Waals surface area contributed by atoms with Crippen molar-refractivity contribution in [3.05, 3.63) is 47.3 Å². The monoisotopic (exact) mass is 478 g/mol. The third kappa shape index (κ3) is 7.19. The van der Waals surface area contributed by atoms with E-state index in [0.29, 0.717) is 6.07 Å². The van der Waals surface area contributed by atoms with E-state index in [-0.39, 0.29) is 16.9 Å². The molecule has 0 aliphatic rings. The number of ketones is 1. The highest BCUT2D eigenvalue weighted by Crippen LogP contribution is 2.41. The van der Waals surface area contributed by atoms with E-state index in [9.17, 15) is 27.6 Å². The van der Waals surface area contributed by atoms with Gasteiger partial charge in [-0.2, -0.15) is 18.4 Å². The molecule has 34 heavy (non-hydrogen) atoms. The van der Waals surface area contributed by atoms with Gasteiger partial charge in [0.2, 0.25) is 5.91 Å². The first-order valence-electron chi connectivity index (χ1n) is 9.72. The Morgan fingerprint density at radius 1 is 1.09 bits per heavy atom. The van der Waals surface area contributed by atoms with Crippen molar-refractivity contribution in [1.82, 2.24) is 4.98 Å². The van der Waals surface area contributed by atoms with Gasteiger partial charge in [0.25, 0.3) is 0 Å². The smallest absolute Gasteiger partial charge is 0.420 e. The van der Waals surface area contributed by atoms with Gasteiger partial charge in [0.05, 0.1) is 30.5 Å². The number of benzene rings is 1. The lowest BCUT2D eigenvalue weighted by atomic mass is 10.1. The number of hydrogen-bond acceptors (Lipinski definition) is 7. The molecule has 1 heterocycles. The zero-order valence-electron chi connectivity index (χ0n) is 18.7. The van der Waals surface area contributed by atoms with Crippen LogP contribution in [0.1, 0.15) is 48.8 Å². The van der Waals surface area contributed by atoms with Gasteiger partial charge in [0.1, 0.15) is 23.1 Å². The predicted octanol–water partition coefficient (Wildman–Crippen LogP) is 4.54. The summed E-state index contributed by atoms with van der Waals surface area (Å²) < 4.78 is 50.3. The minimum atomic E-state index is -4.84. The van der Waals surface area contributed by atoms with Gasteiger partial charge >= 0.3 is 12.3 Å². The Morgan fingerprint density at radius 3 is 2.29 bits per heavy atom. The van der Waals surface area contributed by atoms with Gasteiger partial charge in [-0.25, -0.2) is 9.78 Å². The second-order valence-corrected chi connectivity index (χ2v) is 7.91. The number of halogens is 3. The normalized spacial score (nSPS) is 11.2. The van der Waals surface area contributed by atoms with Crippen molar-refractivity contribution in [2.24, 2.45) is 0 Å². The zero-order valence-corrected chi connectivity index (χ0v) is 18.7. The van der Waals surface area contributed by atoms with Gasteiger partial charge in [-0.15, -0.1) is 0 Å². The van der Waals surface area contributed by atoms with Crippen LogP contribution in [0.3, 0.4) is 0 Å². The van der Waals surface area contributed by atoms with Gasteiger partial charge < -0.3 is 14.8 Å². The number of nitriles is 1. The minimum Gasteiger partial charge on any atom is -0.496 e. The second kappa shape index (κ2) is 10.2. The maximum atomic E-state index is 13.5. The zero-order chi connectivity index (χ0) is 25.7. The Balaban J connectivity index is 2.36. The van der Waals surface area contributed by atoms with Crippen LogP contribution in [0.4, 0.5) is 29.3 Å². The molecule has 0 saturated heterocycles. The fourth-order valence-electron chi connectivity index (χ4n) is 2.70. The number of carbonyl (C=O) groups excluding carboxylic acids is 3. The second-order valence-electron chi connectivity index (χ2n) is 7.91. The van der Waals surface area contributed by atoms with Gasteiger partial charge in [0.15, 0.2) is 5.78 Å². The predicted molar refractivity (Wildman–Crippen MR) is 114 cm³/mol. The number of ether oxygens (including phenoxy) is 2. The van der Waals surface area contributed by atoms with E-state index in [1.807, 2.05) is 0 Å². The Bertz CT molecular complexity index is 1150. The first-order chi connectivity index (χ1) is 15.7. The molecule has 0 radical (unpaired) electrons. The molecule has 180 valence electrons. The van der Waals surface area contributed by atoms with Crippen molar-refractivity contribution in [3.8, 4) is 11.8 Å². The van der Waals surface area contributed by atoms with Crippen LogP contribution in [0.5, 0.6) is 5.75 Å². The number of rotatable bonds is 6. The number of nitrogens with zero attached hydrogens (tertiary/aromatic N) is 2. The van der Waals surface area contributed by atoms with Crippen LogP contribution < -0.4 is 15.4 Å². The fourth-order valence-corrected chi connectivity index (χ4v) is 2.70. The molecule has 1 aromatic carbocycles. The van der Waals surface area contributed by atoms with Crippen LogP contribution in [-0.2, 0) is 15.7 Å². The first-order valence-corrected chi connectivity index (χ1v) is 9.72. The fraction of sp³-hybridized carbons (Fsp3) is 0.318. The third-order valence-corrected chi connectivity index (χ3v) is 4.07. The summed E-state index contributed by atoms with van der Waals surface area (Å²) in [4.78, 5) is 40.7. The van der Waals surface area contributed by atoms with Crippen LogP contribution in [0.15, 0.2) is 30.5 Å². The molecule has 0 spiro atoms. The van der Waals surface area contributed by atoms with Gasteiger partial charge in [-0.3, -0.25) is 14.9 Å². The SMILES string of the molecule is COc1cc(NC(=O)OC(C)(C)C)c(NC(=O)CC(=O)c2ccnc(C#N)c2)cc1C(F)(F)F. The summed E-state index contributed by atoms with van der Waals surface area (Å²) in [7, 11) is 1.02. The lowest BCUT2D eigenvalue weighted by Gasteiger charge is -2.22. The van der Waals surface area contributed by atoms with E-state index in [1.54, 1.807) is 26.8 Å². The Labute approximate surface area is 192 Å². The molecule has 2 amide bonds. The van der Waals surface area contributed by atoms with Gasteiger partial charge in [-0.1, -0.05) is 0 Å². The Hall–Kier alpha value is -4.14. The quantitative estimate of drug-likeness (QED) is 0.460. The Kier molecular flexibility index (Phi) is 7.84. The first kappa shape index (κ1) is 26.1. The van der Waals surface area contributed by atoms with Crippen LogP contribution in [0.25, 0.3) is 0 Å². The molecule has 2 aromatic rings. The van der Waals surface area contributed by atoms with E-state index >= 15 is 0 Å². The number of Topliss-reactive ketones (excluding diaryl/α,β-unsaturated/α-hetero) is 1. The highest BCUT2D eigenvalue weighted by atomic mass is 19.4. The molecule has 0 unspecified atom stereocenters. The van der Waals surface area contributed by atoms with Crippen LogP contribution in [0, 0.1) is 11.3 Å². The summed E-state index contributed by atoms with van der Waals surface area (Å²) in [5, 5.41) is 13.4. The lowest BCUT2D eigenvalue weighted by molar-refractivity contribution is -0.138. The highest BCUT2D eigenvalue weighted by molar-refractivity contribution is 6.12. The number of aromatic nitrogens is 1. The molecule has 0 saturated carbocycles. The summed E-state index contributed by atoms with van der Waals surface area (Å²) in [6.07, 6.45) is -5.35. The summed E-state index contributed by atoms with van der Waals surface area (Å²) in [6, 6.07) is 5.69. The topological polar surface area (TPSA) is 130 Å². The molecule has 9 nitrogen and oxygen atoms in total. The number of nitrogens with one attached hydrogen (secondary N) is 2. The van der Waals surface area contributed by atoms with Crippen LogP contribution >= 0.6 is 0 Å². The van der Waals surface area contributed by atoms with Crippen LogP contribution in [-0.4, -0.2) is 35.5 Å². The molecule has 2 rings (SSSR count). The van der Waals surface area contributed by atoms with E-state index < -0.39 is 53.0 Å². The highest BCUT2D eigenvalue weighted by Gasteiger charge is 2.36. The number of pyridine rings is 1. The summed E-state index contributed by atoms with van der Waals surface area (Å²) >= 11 is 0. The van der Waals surface area contributed by atoms with Crippen molar-refractivity contribution in [2.75, 3.05) is 17.7 Å². The Morgan fingerprint density at radius 2 is 1.74 bits per heavy atom. The van der Waals surface area contributed by atoms with E-state index in [2.05, 4.69) is 15.6 Å². The summed E-state index contributed by atoms with van der Waals surface area (Å²) in [5.41, 5.74) is -2.79. The molecule has 0 aliphatic heterocycles. The maximum Gasteiger partial charge on any atom is 0.420 e. The van der Waals surface area contributed by atoms with E-state index in [1.165, 1.54) is 18.3 Å². The summed E-state index contributed by atoms with van der Waals surface area (Å²) in [5.74, 6) is -2.25. The average molecular weight is 478 g/mol. The number of alkyl halides is 3. The molecule has 12 heteroatoms. The molecule has 0 aliphatic carbocycles. The molecule has 2 N–H and O–H groups in total. The van der Waals surface area contributed by atoms with Crippen molar-refractivity contribution in [2.45, 2.75) is 39.0 Å². The van der Waals surface area contributed by atoms with E-state index in [0.717, 1.165) is 13.2 Å². The van der Waals surface area contributed by atoms with Gasteiger partial charge in [-0.05, 0) is 39.0 Å². The summed E-state index contributed by atoms with van der Waals surface area (Å²) in [6.45, 7) is 4.76. The number of methoxy groups -OCH3 is 1. The third-order valence-electron chi connectivity index (χ3n) is 4.07. The van der Waals surface area contributed by atoms with Gasteiger partial charge in [0, 0.05) is 17.8 Å².